The molecule has 1 atom stereocenters. The zero-order chi connectivity index (χ0) is 20.7. The molecule has 0 spiro atoms. The highest BCUT2D eigenvalue weighted by Crippen LogP contribution is 2.25. The number of likely N-dealkylation sites (tertiary alicyclic amines) is 1. The number of halogens is 1. The Labute approximate surface area is 173 Å². The molecule has 0 aromatic heterocycles. The van der Waals surface area contributed by atoms with Gasteiger partial charge in [-0.2, -0.15) is 0 Å². The third kappa shape index (κ3) is 5.76. The SMILES string of the molecule is CCOC(=O)C1CCCN(C(=O)c2cc(S(=O)(=O)NCCOC)ccc2Br)C1. The Bertz CT molecular complexity index is 814. The van der Waals surface area contributed by atoms with E-state index in [0.717, 1.165) is 0 Å². The summed E-state index contributed by atoms with van der Waals surface area (Å²) >= 11 is 3.32. The first-order chi connectivity index (χ1) is 13.3. The van der Waals surface area contributed by atoms with Crippen LogP contribution in [0.3, 0.4) is 0 Å². The number of amides is 1. The zero-order valence-corrected chi connectivity index (χ0v) is 18.3. The second-order valence-electron chi connectivity index (χ2n) is 6.37. The van der Waals surface area contributed by atoms with Crippen LogP contribution in [0.2, 0.25) is 0 Å². The van der Waals surface area contributed by atoms with Crippen LogP contribution in [0.25, 0.3) is 0 Å². The van der Waals surface area contributed by atoms with Gasteiger partial charge in [-0.1, -0.05) is 0 Å². The van der Waals surface area contributed by atoms with Gasteiger partial charge in [-0.3, -0.25) is 9.59 Å². The zero-order valence-electron chi connectivity index (χ0n) is 15.9. The normalized spacial score (nSPS) is 17.4. The van der Waals surface area contributed by atoms with Gasteiger partial charge in [0.1, 0.15) is 0 Å². The van der Waals surface area contributed by atoms with Gasteiger partial charge in [0.2, 0.25) is 10.0 Å². The lowest BCUT2D eigenvalue weighted by Gasteiger charge is -2.31. The van der Waals surface area contributed by atoms with Gasteiger partial charge in [0.15, 0.2) is 0 Å². The van der Waals surface area contributed by atoms with Crippen molar-refractivity contribution < 1.29 is 27.5 Å². The monoisotopic (exact) mass is 476 g/mol. The Kier molecular flexibility index (Phi) is 8.41. The fourth-order valence-corrected chi connectivity index (χ4v) is 4.44. The predicted octanol–water partition coefficient (Wildman–Crippen LogP) is 1.79. The van der Waals surface area contributed by atoms with Crippen molar-refractivity contribution in [3.8, 4) is 0 Å². The minimum atomic E-state index is -3.76. The van der Waals surface area contributed by atoms with Crippen LogP contribution in [0.1, 0.15) is 30.1 Å². The molecule has 1 saturated heterocycles. The topological polar surface area (TPSA) is 102 Å². The minimum absolute atomic E-state index is 0.00546. The highest BCUT2D eigenvalue weighted by Gasteiger charge is 2.31. The van der Waals surface area contributed by atoms with Crippen molar-refractivity contribution in [2.45, 2.75) is 24.7 Å². The van der Waals surface area contributed by atoms with E-state index in [1.54, 1.807) is 11.8 Å². The van der Waals surface area contributed by atoms with Gasteiger partial charge in [-0.05, 0) is 53.9 Å². The van der Waals surface area contributed by atoms with Crippen molar-refractivity contribution in [3.63, 3.8) is 0 Å². The maximum absolute atomic E-state index is 13.0. The van der Waals surface area contributed by atoms with Crippen LogP contribution in [0, 0.1) is 5.92 Å². The molecule has 156 valence electrons. The van der Waals surface area contributed by atoms with E-state index in [4.69, 9.17) is 9.47 Å². The third-order valence-corrected chi connectivity index (χ3v) is 6.56. The van der Waals surface area contributed by atoms with E-state index in [2.05, 4.69) is 20.7 Å². The van der Waals surface area contributed by atoms with Gasteiger partial charge in [-0.25, -0.2) is 13.1 Å². The molecule has 1 unspecified atom stereocenters. The number of rotatable bonds is 8. The maximum Gasteiger partial charge on any atom is 0.310 e. The van der Waals surface area contributed by atoms with Crippen LogP contribution in [-0.2, 0) is 24.3 Å². The highest BCUT2D eigenvalue weighted by molar-refractivity contribution is 9.10. The summed E-state index contributed by atoms with van der Waals surface area (Å²) in [5, 5.41) is 0. The lowest BCUT2D eigenvalue weighted by atomic mass is 9.97. The molecule has 1 aromatic rings. The number of hydrogen-bond acceptors (Lipinski definition) is 6. The number of ether oxygens (including phenoxy) is 2. The average Bonchev–Trinajstić information content (AvgIpc) is 2.68. The molecule has 1 aromatic carbocycles. The van der Waals surface area contributed by atoms with Gasteiger partial charge in [0.25, 0.3) is 5.91 Å². The molecule has 1 aliphatic rings. The highest BCUT2D eigenvalue weighted by atomic mass is 79.9. The number of sulfonamides is 1. The summed E-state index contributed by atoms with van der Waals surface area (Å²) in [4.78, 5) is 26.6. The van der Waals surface area contributed by atoms with Crippen LogP contribution in [0.4, 0.5) is 0 Å². The molecule has 8 nitrogen and oxygen atoms in total. The molecule has 10 heteroatoms. The Morgan fingerprint density at radius 3 is 2.79 bits per heavy atom. The number of hydrogen-bond donors (Lipinski definition) is 1. The summed E-state index contributed by atoms with van der Waals surface area (Å²) in [6.07, 6.45) is 1.35. The Balaban J connectivity index is 2.20. The number of carbonyl (C=O) groups excluding carboxylic acids is 2. The smallest absolute Gasteiger partial charge is 0.310 e. The van der Waals surface area contributed by atoms with Crippen LogP contribution < -0.4 is 4.72 Å². The first-order valence-corrected chi connectivity index (χ1v) is 11.3. The van der Waals surface area contributed by atoms with Crippen LogP contribution in [0.5, 0.6) is 0 Å². The van der Waals surface area contributed by atoms with Crippen molar-refractivity contribution in [3.05, 3.63) is 28.2 Å². The van der Waals surface area contributed by atoms with Gasteiger partial charge >= 0.3 is 5.97 Å². The van der Waals surface area contributed by atoms with E-state index in [1.807, 2.05) is 0 Å². The molecule has 1 amide bonds. The van der Waals surface area contributed by atoms with E-state index in [9.17, 15) is 18.0 Å². The Morgan fingerprint density at radius 1 is 1.36 bits per heavy atom. The Hall–Kier alpha value is -1.49. The van der Waals surface area contributed by atoms with E-state index in [-0.39, 0.29) is 47.9 Å². The van der Waals surface area contributed by atoms with Gasteiger partial charge in [-0.15, -0.1) is 0 Å². The Morgan fingerprint density at radius 2 is 2.11 bits per heavy atom. The summed E-state index contributed by atoms with van der Waals surface area (Å²) < 4.78 is 37.7. The van der Waals surface area contributed by atoms with Crippen LogP contribution >= 0.6 is 15.9 Å². The first-order valence-electron chi connectivity index (χ1n) is 9.04. The number of benzene rings is 1. The molecule has 2 rings (SSSR count). The van der Waals surface area contributed by atoms with Crippen molar-refractivity contribution in [1.82, 2.24) is 9.62 Å². The average molecular weight is 477 g/mol. The second-order valence-corrected chi connectivity index (χ2v) is 9.00. The predicted molar refractivity (Wildman–Crippen MR) is 106 cm³/mol. The molecule has 0 bridgehead atoms. The number of carbonyl (C=O) groups is 2. The molecular formula is C18H25BrN2O6S. The molecule has 1 heterocycles. The fourth-order valence-electron chi connectivity index (χ4n) is 2.98. The first kappa shape index (κ1) is 22.8. The number of piperidine rings is 1. The van der Waals surface area contributed by atoms with E-state index in [1.165, 1.54) is 25.3 Å². The summed E-state index contributed by atoms with van der Waals surface area (Å²) in [6, 6.07) is 4.30. The standard InChI is InChI=1S/C18H25BrN2O6S/c1-3-27-18(23)13-5-4-9-21(12-13)17(22)15-11-14(6-7-16(15)19)28(24,25)20-8-10-26-2/h6-7,11,13,20H,3-5,8-10,12H2,1-2H3. The molecule has 28 heavy (non-hydrogen) atoms. The molecule has 1 aliphatic heterocycles. The van der Waals surface area contributed by atoms with Crippen molar-refractivity contribution >= 4 is 37.8 Å². The minimum Gasteiger partial charge on any atom is -0.466 e. The van der Waals surface area contributed by atoms with E-state index < -0.39 is 10.0 Å². The van der Waals surface area contributed by atoms with E-state index in [0.29, 0.717) is 30.5 Å². The molecule has 0 radical (unpaired) electrons. The largest absolute Gasteiger partial charge is 0.466 e. The maximum atomic E-state index is 13.0. The van der Waals surface area contributed by atoms with Crippen LogP contribution in [0.15, 0.2) is 27.6 Å². The lowest BCUT2D eigenvalue weighted by molar-refractivity contribution is -0.149. The summed E-state index contributed by atoms with van der Waals surface area (Å²) in [7, 11) is -2.28. The number of nitrogens with one attached hydrogen (secondary N) is 1. The summed E-state index contributed by atoms with van der Waals surface area (Å²) in [5.41, 5.74) is 0.235. The molecule has 1 fully saturated rings. The number of nitrogens with zero attached hydrogens (tertiary/aromatic N) is 1. The number of methoxy groups -OCH3 is 1. The molecule has 0 aliphatic carbocycles. The number of esters is 1. The fraction of sp³-hybridized carbons (Fsp3) is 0.556. The molecule has 0 saturated carbocycles. The van der Waals surface area contributed by atoms with Crippen LogP contribution in [-0.4, -0.2) is 65.2 Å². The quantitative estimate of drug-likeness (QED) is 0.453. The van der Waals surface area contributed by atoms with Gasteiger partial charge in [0, 0.05) is 31.2 Å². The van der Waals surface area contributed by atoms with E-state index >= 15 is 0 Å². The van der Waals surface area contributed by atoms with Gasteiger partial charge < -0.3 is 14.4 Å². The summed E-state index contributed by atoms with van der Waals surface area (Å²) in [5.74, 6) is -0.994. The van der Waals surface area contributed by atoms with Crippen molar-refractivity contribution in [2.75, 3.05) is 40.0 Å². The third-order valence-electron chi connectivity index (χ3n) is 4.41. The molecular weight excluding hydrogens is 452 g/mol. The van der Waals surface area contributed by atoms with Crippen molar-refractivity contribution in [2.24, 2.45) is 5.92 Å². The van der Waals surface area contributed by atoms with Crippen molar-refractivity contribution in [1.29, 1.82) is 0 Å². The molecule has 1 N–H and O–H groups in total. The van der Waals surface area contributed by atoms with Gasteiger partial charge in [0.05, 0.1) is 29.6 Å². The second kappa shape index (κ2) is 10.3. The lowest BCUT2D eigenvalue weighted by Crippen LogP contribution is -2.43. The summed E-state index contributed by atoms with van der Waals surface area (Å²) in [6.45, 7) is 3.17.